The number of rotatable bonds is 3. The summed E-state index contributed by atoms with van der Waals surface area (Å²) < 4.78 is 0.996. The SMILES string of the molecule is CC(C)N(C(=O)Sc1cccc(Br)c1)C(C)C. The van der Waals surface area contributed by atoms with E-state index in [1.165, 1.54) is 11.8 Å². The maximum atomic E-state index is 12.2. The van der Waals surface area contributed by atoms with Crippen LogP contribution in [0.4, 0.5) is 4.79 Å². The van der Waals surface area contributed by atoms with E-state index in [1.807, 2.05) is 56.9 Å². The maximum absolute atomic E-state index is 12.2. The molecule has 0 aliphatic rings. The molecule has 0 radical (unpaired) electrons. The van der Waals surface area contributed by atoms with Crippen LogP contribution in [0, 0.1) is 0 Å². The summed E-state index contributed by atoms with van der Waals surface area (Å²) in [5, 5.41) is 0.105. The minimum Gasteiger partial charge on any atom is -0.328 e. The minimum absolute atomic E-state index is 0.105. The van der Waals surface area contributed by atoms with Gasteiger partial charge in [0.1, 0.15) is 0 Å². The lowest BCUT2D eigenvalue weighted by atomic mass is 10.2. The van der Waals surface area contributed by atoms with Crippen molar-refractivity contribution in [2.45, 2.75) is 44.7 Å². The third-order valence-electron chi connectivity index (χ3n) is 2.32. The Morgan fingerprint density at radius 2 is 1.82 bits per heavy atom. The highest BCUT2D eigenvalue weighted by molar-refractivity contribution is 9.10. The molecule has 0 saturated carbocycles. The lowest BCUT2D eigenvalue weighted by Gasteiger charge is -2.30. The van der Waals surface area contributed by atoms with Gasteiger partial charge in [0.2, 0.25) is 0 Å². The molecule has 0 bridgehead atoms. The fourth-order valence-corrected chi connectivity index (χ4v) is 3.31. The summed E-state index contributed by atoms with van der Waals surface area (Å²) in [6, 6.07) is 8.25. The zero-order valence-electron chi connectivity index (χ0n) is 10.6. The van der Waals surface area contributed by atoms with Crippen LogP contribution in [-0.2, 0) is 0 Å². The molecule has 0 saturated heterocycles. The van der Waals surface area contributed by atoms with Crippen molar-refractivity contribution in [1.82, 2.24) is 4.90 Å². The molecule has 0 unspecified atom stereocenters. The number of amides is 1. The van der Waals surface area contributed by atoms with Gasteiger partial charge in [0.05, 0.1) is 0 Å². The third kappa shape index (κ3) is 4.36. The summed E-state index contributed by atoms with van der Waals surface area (Å²) >= 11 is 4.69. The van der Waals surface area contributed by atoms with E-state index >= 15 is 0 Å². The molecule has 2 nitrogen and oxygen atoms in total. The molecule has 0 aliphatic carbocycles. The van der Waals surface area contributed by atoms with Crippen LogP contribution in [0.15, 0.2) is 33.6 Å². The van der Waals surface area contributed by atoms with Crippen LogP contribution in [0.3, 0.4) is 0 Å². The Hall–Kier alpha value is -0.480. The van der Waals surface area contributed by atoms with E-state index in [4.69, 9.17) is 0 Å². The topological polar surface area (TPSA) is 20.3 Å². The standard InChI is InChI=1S/C13H18BrNOS/c1-9(2)15(10(3)4)13(16)17-12-7-5-6-11(14)8-12/h5-10H,1-4H3. The molecule has 1 rings (SSSR count). The first kappa shape index (κ1) is 14.6. The number of benzene rings is 1. The molecule has 1 amide bonds. The van der Waals surface area contributed by atoms with Crippen molar-refractivity contribution in [3.05, 3.63) is 28.7 Å². The average Bonchev–Trinajstić information content (AvgIpc) is 2.15. The number of thioether (sulfide) groups is 1. The van der Waals surface area contributed by atoms with Gasteiger partial charge in [-0.2, -0.15) is 0 Å². The average molecular weight is 316 g/mol. The predicted molar refractivity (Wildman–Crippen MR) is 77.5 cm³/mol. The first-order valence-corrected chi connectivity index (χ1v) is 7.28. The molecule has 0 spiro atoms. The lowest BCUT2D eigenvalue weighted by Crippen LogP contribution is -2.39. The number of hydrogen-bond acceptors (Lipinski definition) is 2. The van der Waals surface area contributed by atoms with Gasteiger partial charge in [-0.05, 0) is 57.7 Å². The number of halogens is 1. The van der Waals surface area contributed by atoms with Crippen LogP contribution < -0.4 is 0 Å². The van der Waals surface area contributed by atoms with Crippen molar-refractivity contribution < 1.29 is 4.79 Å². The highest BCUT2D eigenvalue weighted by atomic mass is 79.9. The van der Waals surface area contributed by atoms with Gasteiger partial charge in [-0.25, -0.2) is 0 Å². The molecule has 94 valence electrons. The molecule has 0 fully saturated rings. The summed E-state index contributed by atoms with van der Waals surface area (Å²) in [6.45, 7) is 8.16. The van der Waals surface area contributed by atoms with E-state index in [1.54, 1.807) is 0 Å². The van der Waals surface area contributed by atoms with Crippen LogP contribution in [0.1, 0.15) is 27.7 Å². The number of carbonyl (C=O) groups is 1. The monoisotopic (exact) mass is 315 g/mol. The Morgan fingerprint density at radius 3 is 2.29 bits per heavy atom. The highest BCUT2D eigenvalue weighted by Crippen LogP contribution is 2.26. The van der Waals surface area contributed by atoms with E-state index < -0.39 is 0 Å². The second-order valence-electron chi connectivity index (χ2n) is 4.42. The Labute approximate surface area is 116 Å². The number of hydrogen-bond donors (Lipinski definition) is 0. The Morgan fingerprint density at radius 1 is 1.24 bits per heavy atom. The molecule has 1 aromatic carbocycles. The Bertz CT molecular complexity index is 385. The molecule has 0 N–H and O–H groups in total. The molecule has 17 heavy (non-hydrogen) atoms. The van der Waals surface area contributed by atoms with Gasteiger partial charge in [0, 0.05) is 21.5 Å². The van der Waals surface area contributed by atoms with Gasteiger partial charge in [0.25, 0.3) is 5.24 Å². The number of nitrogens with zero attached hydrogens (tertiary/aromatic N) is 1. The van der Waals surface area contributed by atoms with Crippen molar-refractivity contribution in [2.75, 3.05) is 0 Å². The first-order chi connectivity index (χ1) is 7.91. The van der Waals surface area contributed by atoms with Gasteiger partial charge < -0.3 is 4.90 Å². The van der Waals surface area contributed by atoms with Crippen LogP contribution in [0.5, 0.6) is 0 Å². The van der Waals surface area contributed by atoms with E-state index in [-0.39, 0.29) is 17.3 Å². The van der Waals surface area contributed by atoms with E-state index in [2.05, 4.69) is 15.9 Å². The molecule has 0 heterocycles. The summed E-state index contributed by atoms with van der Waals surface area (Å²) in [7, 11) is 0. The molecular weight excluding hydrogens is 298 g/mol. The summed E-state index contributed by atoms with van der Waals surface area (Å²) in [6.07, 6.45) is 0. The second-order valence-corrected chi connectivity index (χ2v) is 6.36. The van der Waals surface area contributed by atoms with Crippen LogP contribution >= 0.6 is 27.7 Å². The first-order valence-electron chi connectivity index (χ1n) is 5.67. The molecule has 0 atom stereocenters. The Kier molecular flexibility index (Phi) is 5.53. The van der Waals surface area contributed by atoms with Crippen molar-refractivity contribution in [3.8, 4) is 0 Å². The van der Waals surface area contributed by atoms with Crippen LogP contribution in [0.25, 0.3) is 0 Å². The van der Waals surface area contributed by atoms with Gasteiger partial charge in [-0.1, -0.05) is 22.0 Å². The highest BCUT2D eigenvalue weighted by Gasteiger charge is 2.20. The molecule has 4 heteroatoms. The summed E-state index contributed by atoms with van der Waals surface area (Å²) in [5.41, 5.74) is 0. The van der Waals surface area contributed by atoms with Gasteiger partial charge in [0.15, 0.2) is 0 Å². The summed E-state index contributed by atoms with van der Waals surface area (Å²) in [4.78, 5) is 15.0. The van der Waals surface area contributed by atoms with Gasteiger partial charge in [-0.3, -0.25) is 4.79 Å². The Balaban J connectivity index is 2.77. The van der Waals surface area contributed by atoms with Crippen molar-refractivity contribution in [1.29, 1.82) is 0 Å². The normalized spacial score (nSPS) is 11.0. The van der Waals surface area contributed by atoms with Crippen LogP contribution in [-0.4, -0.2) is 22.2 Å². The van der Waals surface area contributed by atoms with Crippen LogP contribution in [0.2, 0.25) is 0 Å². The smallest absolute Gasteiger partial charge is 0.286 e. The largest absolute Gasteiger partial charge is 0.328 e. The maximum Gasteiger partial charge on any atom is 0.286 e. The van der Waals surface area contributed by atoms with E-state index in [0.29, 0.717) is 0 Å². The van der Waals surface area contributed by atoms with E-state index in [9.17, 15) is 4.79 Å². The summed E-state index contributed by atoms with van der Waals surface area (Å²) in [5.74, 6) is 0. The number of carbonyl (C=O) groups excluding carboxylic acids is 1. The molecule has 1 aromatic rings. The van der Waals surface area contributed by atoms with Crippen molar-refractivity contribution in [3.63, 3.8) is 0 Å². The zero-order valence-corrected chi connectivity index (χ0v) is 13.0. The second kappa shape index (κ2) is 6.45. The van der Waals surface area contributed by atoms with Gasteiger partial charge >= 0.3 is 0 Å². The van der Waals surface area contributed by atoms with E-state index in [0.717, 1.165) is 9.37 Å². The molecular formula is C13H18BrNOS. The molecule has 0 aromatic heterocycles. The van der Waals surface area contributed by atoms with Gasteiger partial charge in [-0.15, -0.1) is 0 Å². The zero-order chi connectivity index (χ0) is 13.0. The quantitative estimate of drug-likeness (QED) is 0.748. The predicted octanol–water partition coefficient (Wildman–Crippen LogP) is 4.78. The van der Waals surface area contributed by atoms with Crippen molar-refractivity contribution >= 4 is 32.9 Å². The third-order valence-corrected chi connectivity index (χ3v) is 3.69. The minimum atomic E-state index is 0.105. The van der Waals surface area contributed by atoms with Crippen molar-refractivity contribution in [2.24, 2.45) is 0 Å². The lowest BCUT2D eigenvalue weighted by molar-refractivity contribution is 0.190. The fraction of sp³-hybridized carbons (Fsp3) is 0.462. The fourth-order valence-electron chi connectivity index (χ4n) is 1.70. The molecule has 0 aliphatic heterocycles.